The lowest BCUT2D eigenvalue weighted by Crippen LogP contribution is -2.29. The maximum Gasteiger partial charge on any atom is 0.131 e. The zero-order valence-corrected chi connectivity index (χ0v) is 27.7. The maximum absolute atomic E-state index is 6.57. The first-order chi connectivity index (χ1) is 24.7. The number of fused-ring (bicyclic) bond motifs is 13. The largest absolute Gasteiger partial charge is 0.457 e. The summed E-state index contributed by atoms with van der Waals surface area (Å²) in [7, 11) is 0. The Labute approximate surface area is 292 Å². The first-order valence-corrected chi connectivity index (χ1v) is 17.5. The van der Waals surface area contributed by atoms with Crippen molar-refractivity contribution < 1.29 is 4.74 Å². The second-order valence-electron chi connectivity index (χ2n) is 14.1. The minimum absolute atomic E-state index is 0.366. The van der Waals surface area contributed by atoms with Crippen molar-refractivity contribution in [3.05, 3.63) is 215 Å². The second-order valence-corrected chi connectivity index (χ2v) is 14.1. The zero-order chi connectivity index (χ0) is 33.0. The predicted molar refractivity (Wildman–Crippen MR) is 204 cm³/mol. The Kier molecular flexibility index (Phi) is 5.51. The fourth-order valence-electron chi connectivity index (χ4n) is 9.51. The van der Waals surface area contributed by atoms with Gasteiger partial charge in [-0.1, -0.05) is 140 Å². The molecule has 8 aromatic carbocycles. The molecule has 1 spiro atoms. The molecule has 0 bridgehead atoms. The van der Waals surface area contributed by atoms with Gasteiger partial charge in [-0.3, -0.25) is 0 Å². The number of rotatable bonds is 2. The summed E-state index contributed by atoms with van der Waals surface area (Å²) in [5.41, 5.74) is 16.0. The molecule has 2 aliphatic carbocycles. The van der Waals surface area contributed by atoms with Gasteiger partial charge in [0.25, 0.3) is 0 Å². The molecule has 1 nitrogen and oxygen atoms in total. The van der Waals surface area contributed by atoms with E-state index in [9.17, 15) is 0 Å². The first-order valence-electron chi connectivity index (χ1n) is 17.5. The molecule has 0 N–H and O–H groups in total. The molecule has 3 aliphatic rings. The van der Waals surface area contributed by atoms with Gasteiger partial charge in [0, 0.05) is 16.5 Å². The van der Waals surface area contributed by atoms with Gasteiger partial charge in [0.1, 0.15) is 11.5 Å². The Morgan fingerprint density at radius 3 is 1.66 bits per heavy atom. The van der Waals surface area contributed by atoms with Crippen molar-refractivity contribution in [2.24, 2.45) is 0 Å². The lowest BCUT2D eigenvalue weighted by atomic mass is 9.69. The number of hydrogen-bond donors (Lipinski definition) is 0. The molecule has 11 rings (SSSR count). The molecule has 1 aliphatic heterocycles. The third-order valence-corrected chi connectivity index (χ3v) is 11.8. The van der Waals surface area contributed by atoms with Crippen LogP contribution in [-0.2, 0) is 10.8 Å². The van der Waals surface area contributed by atoms with Crippen molar-refractivity contribution in [2.45, 2.75) is 17.8 Å². The highest BCUT2D eigenvalue weighted by atomic mass is 16.5. The molecular weight excluding hydrogens is 605 g/mol. The van der Waals surface area contributed by atoms with Gasteiger partial charge in [-0.15, -0.1) is 0 Å². The molecule has 2 atom stereocenters. The van der Waals surface area contributed by atoms with Crippen molar-refractivity contribution >= 4 is 10.8 Å². The molecule has 1 heterocycles. The van der Waals surface area contributed by atoms with E-state index in [2.05, 4.69) is 183 Å². The first kappa shape index (κ1) is 27.7. The van der Waals surface area contributed by atoms with E-state index in [0.717, 1.165) is 11.5 Å². The van der Waals surface area contributed by atoms with Crippen LogP contribution in [0.5, 0.6) is 11.5 Å². The molecule has 0 fully saturated rings. The minimum Gasteiger partial charge on any atom is -0.457 e. The van der Waals surface area contributed by atoms with Crippen LogP contribution in [0.4, 0.5) is 0 Å². The Balaban J connectivity index is 1.14. The highest BCUT2D eigenvalue weighted by Crippen LogP contribution is 2.63. The molecule has 1 heteroatoms. The van der Waals surface area contributed by atoms with Crippen LogP contribution in [0.3, 0.4) is 0 Å². The molecule has 0 radical (unpaired) electrons. The van der Waals surface area contributed by atoms with Crippen molar-refractivity contribution in [1.82, 2.24) is 0 Å². The van der Waals surface area contributed by atoms with Crippen molar-refractivity contribution in [2.75, 3.05) is 0 Å². The van der Waals surface area contributed by atoms with Gasteiger partial charge < -0.3 is 4.74 Å². The van der Waals surface area contributed by atoms with Gasteiger partial charge in [0.05, 0.1) is 5.41 Å². The van der Waals surface area contributed by atoms with Crippen molar-refractivity contribution in [1.29, 1.82) is 0 Å². The van der Waals surface area contributed by atoms with E-state index in [1.165, 1.54) is 83.1 Å². The maximum atomic E-state index is 6.57. The lowest BCUT2D eigenvalue weighted by molar-refractivity contribution is 0.427. The predicted octanol–water partition coefficient (Wildman–Crippen LogP) is 12.3. The van der Waals surface area contributed by atoms with Crippen LogP contribution in [-0.4, -0.2) is 0 Å². The van der Waals surface area contributed by atoms with E-state index in [4.69, 9.17) is 4.74 Å². The summed E-state index contributed by atoms with van der Waals surface area (Å²) in [6.45, 7) is 2.34. The Morgan fingerprint density at radius 1 is 0.360 bits per heavy atom. The fourth-order valence-corrected chi connectivity index (χ4v) is 9.51. The van der Waals surface area contributed by atoms with E-state index in [1.807, 2.05) is 0 Å². The van der Waals surface area contributed by atoms with E-state index in [0.29, 0.717) is 0 Å². The van der Waals surface area contributed by atoms with E-state index >= 15 is 0 Å². The minimum atomic E-state index is -0.375. The van der Waals surface area contributed by atoms with Crippen LogP contribution in [0.25, 0.3) is 44.2 Å². The smallest absolute Gasteiger partial charge is 0.131 e. The third-order valence-electron chi connectivity index (χ3n) is 11.8. The van der Waals surface area contributed by atoms with Crippen LogP contribution in [0, 0.1) is 0 Å². The van der Waals surface area contributed by atoms with Gasteiger partial charge in [-0.05, 0) is 115 Å². The number of para-hydroxylation sites is 1. The van der Waals surface area contributed by atoms with Crippen LogP contribution in [0.2, 0.25) is 0 Å². The fraction of sp³-hybridized carbons (Fsp3) is 0.0612. The van der Waals surface area contributed by atoms with E-state index in [-0.39, 0.29) is 10.8 Å². The highest BCUT2D eigenvalue weighted by Gasteiger charge is 2.51. The Bertz CT molecular complexity index is 2700. The molecule has 8 aromatic rings. The average Bonchev–Trinajstić information content (AvgIpc) is 3.64. The molecule has 234 valence electrons. The molecule has 0 amide bonds. The standard InChI is InChI=1S/C49H32O/c1-48(35-15-3-2-4-16-35)43-21-11-12-22-46(43)50-47-26-24-34(30-45(47)48)33-23-25-42-38(28-33)36-17-7-9-19-40(36)49(42)41-20-10-8-18-37(41)39-27-31-13-5-6-14-32(31)29-44(39)49/h2-30H,1H3. The number of benzene rings is 8. The molecule has 0 saturated carbocycles. The Morgan fingerprint density at radius 2 is 0.900 bits per heavy atom. The summed E-state index contributed by atoms with van der Waals surface area (Å²) in [6, 6.07) is 65.0. The van der Waals surface area contributed by atoms with Gasteiger partial charge in [0.2, 0.25) is 0 Å². The topological polar surface area (TPSA) is 9.23 Å². The van der Waals surface area contributed by atoms with Crippen LogP contribution in [0.15, 0.2) is 176 Å². The zero-order valence-electron chi connectivity index (χ0n) is 27.7. The number of hydrogen-bond acceptors (Lipinski definition) is 1. The molecule has 0 saturated heterocycles. The normalized spacial score (nSPS) is 18.8. The van der Waals surface area contributed by atoms with Gasteiger partial charge in [-0.25, -0.2) is 0 Å². The summed E-state index contributed by atoms with van der Waals surface area (Å²) >= 11 is 0. The summed E-state index contributed by atoms with van der Waals surface area (Å²) in [4.78, 5) is 0. The third kappa shape index (κ3) is 3.46. The van der Waals surface area contributed by atoms with Crippen LogP contribution < -0.4 is 4.74 Å². The van der Waals surface area contributed by atoms with E-state index < -0.39 is 0 Å². The van der Waals surface area contributed by atoms with E-state index in [1.54, 1.807) is 0 Å². The summed E-state index contributed by atoms with van der Waals surface area (Å²) in [5, 5.41) is 2.56. The summed E-state index contributed by atoms with van der Waals surface area (Å²) in [5.74, 6) is 1.83. The molecular formula is C49H32O. The summed E-state index contributed by atoms with van der Waals surface area (Å²) in [6.07, 6.45) is 0. The van der Waals surface area contributed by atoms with Gasteiger partial charge in [-0.2, -0.15) is 0 Å². The van der Waals surface area contributed by atoms with Crippen LogP contribution in [0.1, 0.15) is 45.9 Å². The second kappa shape index (κ2) is 9.94. The molecule has 0 aromatic heterocycles. The van der Waals surface area contributed by atoms with Crippen molar-refractivity contribution in [3.8, 4) is 44.9 Å². The van der Waals surface area contributed by atoms with Gasteiger partial charge in [0.15, 0.2) is 0 Å². The Hall–Kier alpha value is -6.18. The SMILES string of the molecule is CC1(c2ccccc2)c2ccccc2Oc2ccc(-c3ccc4c(c3)-c3ccccc3C43c4ccccc4-c4cc5ccccc5cc43)cc21. The van der Waals surface area contributed by atoms with Gasteiger partial charge >= 0.3 is 0 Å². The summed E-state index contributed by atoms with van der Waals surface area (Å²) < 4.78 is 6.57. The van der Waals surface area contributed by atoms with Crippen molar-refractivity contribution in [3.63, 3.8) is 0 Å². The quantitative estimate of drug-likeness (QED) is 0.183. The van der Waals surface area contributed by atoms with Crippen LogP contribution >= 0.6 is 0 Å². The lowest BCUT2D eigenvalue weighted by Gasteiger charge is -2.38. The highest BCUT2D eigenvalue weighted by molar-refractivity contribution is 6.00. The average molecular weight is 637 g/mol. The molecule has 2 unspecified atom stereocenters. The molecule has 50 heavy (non-hydrogen) atoms. The monoisotopic (exact) mass is 636 g/mol. The number of ether oxygens (including phenoxy) is 1.